The van der Waals surface area contributed by atoms with E-state index in [4.69, 9.17) is 24.2 Å². The molecule has 10 nitrogen and oxygen atoms in total. The molecule has 0 bridgehead atoms. The van der Waals surface area contributed by atoms with E-state index < -0.39 is 0 Å². The highest BCUT2D eigenvalue weighted by molar-refractivity contribution is 5.93. The number of nitrogens with zero attached hydrogens (tertiary/aromatic N) is 3. The molecule has 2 aromatic carbocycles. The van der Waals surface area contributed by atoms with Gasteiger partial charge in [-0.15, -0.1) is 5.10 Å². The summed E-state index contributed by atoms with van der Waals surface area (Å²) in [6.07, 6.45) is 0. The molecular weight excluding hydrogens is 460 g/mol. The molecule has 0 fully saturated rings. The maximum absolute atomic E-state index is 12.2. The number of carbonyl (C=O) groups is 1. The van der Waals surface area contributed by atoms with Crippen molar-refractivity contribution in [2.75, 3.05) is 25.6 Å². The molecule has 4 aromatic rings. The number of methoxy groups -OCH3 is 1. The zero-order valence-corrected chi connectivity index (χ0v) is 21.0. The van der Waals surface area contributed by atoms with Crippen molar-refractivity contribution in [2.45, 2.75) is 33.2 Å². The average molecular weight is 491 g/mol. The molecule has 0 atom stereocenters. The van der Waals surface area contributed by atoms with Crippen LogP contribution in [-0.4, -0.2) is 51.9 Å². The largest absolute Gasteiger partial charge is 0.494 e. The third-order valence-electron chi connectivity index (χ3n) is 4.97. The number of aromatic nitrogens is 4. The van der Waals surface area contributed by atoms with Crippen LogP contribution in [0.4, 0.5) is 11.6 Å². The summed E-state index contributed by atoms with van der Waals surface area (Å²) in [7, 11) is 1.55. The van der Waals surface area contributed by atoms with Gasteiger partial charge in [0.2, 0.25) is 5.88 Å². The highest BCUT2D eigenvalue weighted by Gasteiger charge is 2.15. The van der Waals surface area contributed by atoms with Gasteiger partial charge in [-0.25, -0.2) is 9.97 Å². The Morgan fingerprint density at radius 2 is 1.83 bits per heavy atom. The summed E-state index contributed by atoms with van der Waals surface area (Å²) in [5, 5.41) is 13.9. The van der Waals surface area contributed by atoms with Crippen LogP contribution in [0.3, 0.4) is 0 Å². The van der Waals surface area contributed by atoms with Gasteiger partial charge < -0.3 is 24.8 Å². The number of anilines is 2. The molecule has 0 aliphatic rings. The van der Waals surface area contributed by atoms with Crippen LogP contribution in [0.1, 0.15) is 27.7 Å². The van der Waals surface area contributed by atoms with Crippen LogP contribution < -0.4 is 24.8 Å². The zero-order chi connectivity index (χ0) is 25.7. The first-order valence-electron chi connectivity index (χ1n) is 11.6. The Labute approximate surface area is 209 Å². The molecule has 2 heterocycles. The number of carbonyl (C=O) groups excluding carboxylic acids is 1. The maximum Gasteiger partial charge on any atom is 0.258 e. The Morgan fingerprint density at radius 3 is 2.56 bits per heavy atom. The summed E-state index contributed by atoms with van der Waals surface area (Å²) in [5.41, 5.74) is 1.14. The van der Waals surface area contributed by atoms with Gasteiger partial charge in [-0.05, 0) is 58.0 Å². The van der Waals surface area contributed by atoms with E-state index in [1.54, 1.807) is 19.2 Å². The summed E-state index contributed by atoms with van der Waals surface area (Å²) in [6, 6.07) is 14.7. The van der Waals surface area contributed by atoms with Crippen LogP contribution >= 0.6 is 0 Å². The molecule has 0 saturated heterocycles. The van der Waals surface area contributed by atoms with Crippen LogP contribution in [0, 0.1) is 0 Å². The molecule has 188 valence electrons. The lowest BCUT2D eigenvalue weighted by atomic mass is 10.1. The Balaban J connectivity index is 1.66. The standard InChI is InChI=1S/C26H30N6O4/c1-6-35-18-10-11-20-19(13-18)25(28-21-14-23(34-5)32-31-21)29-24(27-20)16-8-7-9-17(12-16)36-15-22(33)30-26(2,3)4/h7-14H,6,15H2,1-5H3,(H,30,33)(H2,27,28,29,31,32). The molecule has 0 radical (unpaired) electrons. The molecule has 0 aliphatic heterocycles. The van der Waals surface area contributed by atoms with Gasteiger partial charge in [-0.3, -0.25) is 9.89 Å². The van der Waals surface area contributed by atoms with Crippen LogP contribution in [0.2, 0.25) is 0 Å². The molecule has 0 aliphatic carbocycles. The summed E-state index contributed by atoms with van der Waals surface area (Å²) in [6.45, 7) is 8.15. The molecule has 0 spiro atoms. The van der Waals surface area contributed by atoms with E-state index >= 15 is 0 Å². The Kier molecular flexibility index (Phi) is 7.23. The number of fused-ring (bicyclic) bond motifs is 1. The van der Waals surface area contributed by atoms with Gasteiger partial charge in [0, 0.05) is 22.6 Å². The predicted octanol–water partition coefficient (Wildman–Crippen LogP) is 4.46. The average Bonchev–Trinajstić information content (AvgIpc) is 3.30. The number of hydrogen-bond donors (Lipinski definition) is 3. The minimum atomic E-state index is -0.328. The van der Waals surface area contributed by atoms with E-state index in [1.807, 2.05) is 64.1 Å². The summed E-state index contributed by atoms with van der Waals surface area (Å²) < 4.78 is 16.6. The molecular formula is C26H30N6O4. The number of benzene rings is 2. The fourth-order valence-corrected chi connectivity index (χ4v) is 3.52. The Hall–Kier alpha value is -4.34. The summed E-state index contributed by atoms with van der Waals surface area (Å²) in [5.74, 6) is 3.19. The topological polar surface area (TPSA) is 123 Å². The van der Waals surface area contributed by atoms with E-state index in [2.05, 4.69) is 20.8 Å². The van der Waals surface area contributed by atoms with Crippen LogP contribution in [0.15, 0.2) is 48.5 Å². The number of amides is 1. The number of hydrogen-bond acceptors (Lipinski definition) is 8. The number of nitrogens with one attached hydrogen (secondary N) is 3. The van der Waals surface area contributed by atoms with Gasteiger partial charge >= 0.3 is 0 Å². The van der Waals surface area contributed by atoms with Crippen molar-refractivity contribution in [2.24, 2.45) is 0 Å². The third-order valence-corrected chi connectivity index (χ3v) is 4.97. The molecule has 36 heavy (non-hydrogen) atoms. The highest BCUT2D eigenvalue weighted by Crippen LogP contribution is 2.31. The number of rotatable bonds is 9. The lowest BCUT2D eigenvalue weighted by molar-refractivity contribution is -0.124. The fourth-order valence-electron chi connectivity index (χ4n) is 3.52. The van der Waals surface area contributed by atoms with Crippen molar-refractivity contribution >= 4 is 28.4 Å². The van der Waals surface area contributed by atoms with E-state index in [-0.39, 0.29) is 18.1 Å². The molecule has 0 saturated carbocycles. The second-order valence-electron chi connectivity index (χ2n) is 9.07. The fraction of sp³-hybridized carbons (Fsp3) is 0.308. The predicted molar refractivity (Wildman–Crippen MR) is 138 cm³/mol. The van der Waals surface area contributed by atoms with Crippen LogP contribution in [0.25, 0.3) is 22.3 Å². The van der Waals surface area contributed by atoms with Gasteiger partial charge in [0.15, 0.2) is 12.4 Å². The van der Waals surface area contributed by atoms with Crippen molar-refractivity contribution in [3.05, 3.63) is 48.5 Å². The smallest absolute Gasteiger partial charge is 0.258 e. The third kappa shape index (κ3) is 6.21. The first-order valence-corrected chi connectivity index (χ1v) is 11.6. The van der Waals surface area contributed by atoms with Crippen molar-refractivity contribution < 1.29 is 19.0 Å². The molecule has 4 rings (SSSR count). The van der Waals surface area contributed by atoms with Crippen molar-refractivity contribution in [3.63, 3.8) is 0 Å². The first-order chi connectivity index (χ1) is 17.2. The van der Waals surface area contributed by atoms with Crippen LogP contribution in [-0.2, 0) is 4.79 Å². The quantitative estimate of drug-likeness (QED) is 0.314. The highest BCUT2D eigenvalue weighted by atomic mass is 16.5. The van der Waals surface area contributed by atoms with Gasteiger partial charge in [-0.1, -0.05) is 12.1 Å². The van der Waals surface area contributed by atoms with Crippen molar-refractivity contribution in [3.8, 4) is 28.8 Å². The van der Waals surface area contributed by atoms with E-state index in [1.165, 1.54) is 0 Å². The monoisotopic (exact) mass is 490 g/mol. The van der Waals surface area contributed by atoms with Crippen molar-refractivity contribution in [1.82, 2.24) is 25.5 Å². The van der Waals surface area contributed by atoms with E-state index in [0.29, 0.717) is 35.7 Å². The Bertz CT molecular complexity index is 1360. The SMILES string of the molecule is CCOc1ccc2nc(-c3cccc(OCC(=O)NC(C)(C)C)c3)nc(Nc3cc(OC)n[nH]3)c2c1. The van der Waals surface area contributed by atoms with E-state index in [9.17, 15) is 4.79 Å². The second-order valence-corrected chi connectivity index (χ2v) is 9.07. The molecule has 10 heteroatoms. The first kappa shape index (κ1) is 24.8. The van der Waals surface area contributed by atoms with Gasteiger partial charge in [0.25, 0.3) is 5.91 Å². The number of H-pyrrole nitrogens is 1. The molecule has 1 amide bonds. The van der Waals surface area contributed by atoms with Gasteiger partial charge in [0.05, 0.1) is 19.2 Å². The zero-order valence-electron chi connectivity index (χ0n) is 21.0. The minimum Gasteiger partial charge on any atom is -0.494 e. The molecule has 2 aromatic heterocycles. The van der Waals surface area contributed by atoms with Gasteiger partial charge in [0.1, 0.15) is 23.1 Å². The molecule has 3 N–H and O–H groups in total. The van der Waals surface area contributed by atoms with Crippen LogP contribution in [0.5, 0.6) is 17.4 Å². The Morgan fingerprint density at radius 1 is 1.03 bits per heavy atom. The summed E-state index contributed by atoms with van der Waals surface area (Å²) >= 11 is 0. The van der Waals surface area contributed by atoms with Gasteiger partial charge in [-0.2, -0.15) is 0 Å². The number of ether oxygens (including phenoxy) is 3. The normalized spacial score (nSPS) is 11.2. The summed E-state index contributed by atoms with van der Waals surface area (Å²) in [4.78, 5) is 21.7. The lowest BCUT2D eigenvalue weighted by Gasteiger charge is -2.20. The number of aromatic amines is 1. The molecule has 0 unspecified atom stereocenters. The van der Waals surface area contributed by atoms with E-state index in [0.717, 1.165) is 22.2 Å². The lowest BCUT2D eigenvalue weighted by Crippen LogP contribution is -2.43. The van der Waals surface area contributed by atoms with Crippen molar-refractivity contribution in [1.29, 1.82) is 0 Å². The second kappa shape index (κ2) is 10.5. The maximum atomic E-state index is 12.2. The minimum absolute atomic E-state index is 0.0893.